The van der Waals surface area contributed by atoms with Gasteiger partial charge in [-0.25, -0.2) is 4.98 Å². The number of hydrogen-bond acceptors (Lipinski definition) is 3. The fourth-order valence-corrected chi connectivity index (χ4v) is 2.81. The minimum absolute atomic E-state index is 0.836. The molecule has 2 aromatic rings. The standard InChI is InChI=1S/C16H22N4/c1-2-17-10-13-6-5-7-14(19-13)11-20-12-18-15-8-3-4-9-16(15)20/h5-7,12,17H,2-4,8-11H2,1H3. The summed E-state index contributed by atoms with van der Waals surface area (Å²) in [6.45, 7) is 4.76. The number of nitrogens with one attached hydrogen (secondary N) is 1. The highest BCUT2D eigenvalue weighted by atomic mass is 15.1. The minimum atomic E-state index is 0.836. The number of fused-ring (bicyclic) bond motifs is 1. The van der Waals surface area contributed by atoms with Crippen molar-refractivity contribution in [1.29, 1.82) is 0 Å². The molecule has 0 radical (unpaired) electrons. The first-order valence-electron chi connectivity index (χ1n) is 7.55. The van der Waals surface area contributed by atoms with Gasteiger partial charge in [0, 0.05) is 12.2 Å². The number of aromatic nitrogens is 3. The monoisotopic (exact) mass is 270 g/mol. The molecular formula is C16H22N4. The summed E-state index contributed by atoms with van der Waals surface area (Å²) in [4.78, 5) is 9.27. The van der Waals surface area contributed by atoms with Crippen LogP contribution in [0.4, 0.5) is 0 Å². The Labute approximate surface area is 120 Å². The van der Waals surface area contributed by atoms with E-state index in [0.29, 0.717) is 0 Å². The van der Waals surface area contributed by atoms with Crippen LogP contribution >= 0.6 is 0 Å². The van der Waals surface area contributed by atoms with Crippen LogP contribution < -0.4 is 5.32 Å². The third kappa shape index (κ3) is 2.90. The van der Waals surface area contributed by atoms with Crippen molar-refractivity contribution in [2.75, 3.05) is 6.54 Å². The van der Waals surface area contributed by atoms with Crippen LogP contribution in [0.3, 0.4) is 0 Å². The van der Waals surface area contributed by atoms with Crippen LogP contribution in [0.1, 0.15) is 42.5 Å². The lowest BCUT2D eigenvalue weighted by Crippen LogP contribution is -2.14. The van der Waals surface area contributed by atoms with Crippen LogP contribution in [0.5, 0.6) is 0 Å². The van der Waals surface area contributed by atoms with E-state index in [1.54, 1.807) is 0 Å². The second-order valence-electron chi connectivity index (χ2n) is 5.37. The molecule has 1 aliphatic carbocycles. The van der Waals surface area contributed by atoms with E-state index in [1.165, 1.54) is 24.2 Å². The molecule has 0 spiro atoms. The Morgan fingerprint density at radius 2 is 2.05 bits per heavy atom. The van der Waals surface area contributed by atoms with Crippen molar-refractivity contribution in [2.24, 2.45) is 0 Å². The maximum absolute atomic E-state index is 4.72. The Morgan fingerprint density at radius 3 is 2.95 bits per heavy atom. The summed E-state index contributed by atoms with van der Waals surface area (Å²) in [6, 6.07) is 6.28. The molecule has 2 aromatic heterocycles. The van der Waals surface area contributed by atoms with Crippen molar-refractivity contribution in [3.05, 3.63) is 47.3 Å². The Morgan fingerprint density at radius 1 is 1.20 bits per heavy atom. The fourth-order valence-electron chi connectivity index (χ4n) is 2.81. The van der Waals surface area contributed by atoms with Gasteiger partial charge in [0.2, 0.25) is 0 Å². The van der Waals surface area contributed by atoms with Gasteiger partial charge in [-0.05, 0) is 44.4 Å². The second-order valence-corrected chi connectivity index (χ2v) is 5.37. The van der Waals surface area contributed by atoms with Gasteiger partial charge >= 0.3 is 0 Å². The van der Waals surface area contributed by atoms with Gasteiger partial charge in [-0.2, -0.15) is 0 Å². The highest BCUT2D eigenvalue weighted by molar-refractivity contribution is 5.19. The first-order valence-corrected chi connectivity index (χ1v) is 7.55. The van der Waals surface area contributed by atoms with Crippen LogP contribution in [0, 0.1) is 0 Å². The van der Waals surface area contributed by atoms with Gasteiger partial charge in [0.05, 0.1) is 30.0 Å². The van der Waals surface area contributed by atoms with E-state index >= 15 is 0 Å². The third-order valence-electron chi connectivity index (χ3n) is 3.86. The molecule has 1 aliphatic rings. The minimum Gasteiger partial charge on any atom is -0.328 e. The number of nitrogens with zero attached hydrogens (tertiary/aromatic N) is 3. The van der Waals surface area contributed by atoms with Gasteiger partial charge in [0.15, 0.2) is 0 Å². The van der Waals surface area contributed by atoms with Gasteiger partial charge in [0.1, 0.15) is 0 Å². The summed E-state index contributed by atoms with van der Waals surface area (Å²) < 4.78 is 2.27. The highest BCUT2D eigenvalue weighted by Crippen LogP contribution is 2.20. The first-order chi connectivity index (χ1) is 9.86. The van der Waals surface area contributed by atoms with Gasteiger partial charge < -0.3 is 9.88 Å². The van der Waals surface area contributed by atoms with E-state index < -0.39 is 0 Å². The van der Waals surface area contributed by atoms with Crippen LogP contribution in [-0.2, 0) is 25.9 Å². The average molecular weight is 270 g/mol. The van der Waals surface area contributed by atoms with E-state index in [2.05, 4.69) is 40.0 Å². The Hall–Kier alpha value is -1.68. The third-order valence-corrected chi connectivity index (χ3v) is 3.86. The Balaban J connectivity index is 1.75. The molecule has 0 aliphatic heterocycles. The highest BCUT2D eigenvalue weighted by Gasteiger charge is 2.15. The van der Waals surface area contributed by atoms with Crippen LogP contribution in [0.2, 0.25) is 0 Å². The number of aryl methyl sites for hydroxylation is 1. The zero-order chi connectivity index (χ0) is 13.8. The van der Waals surface area contributed by atoms with Crippen LogP contribution in [-0.4, -0.2) is 21.1 Å². The van der Waals surface area contributed by atoms with E-state index in [-0.39, 0.29) is 0 Å². The van der Waals surface area contributed by atoms with Gasteiger partial charge in [-0.3, -0.25) is 4.98 Å². The smallest absolute Gasteiger partial charge is 0.0955 e. The molecule has 3 rings (SSSR count). The molecule has 0 unspecified atom stereocenters. The van der Waals surface area contributed by atoms with Gasteiger partial charge in [-0.1, -0.05) is 13.0 Å². The molecular weight excluding hydrogens is 248 g/mol. The number of imidazole rings is 1. The van der Waals surface area contributed by atoms with E-state index in [9.17, 15) is 0 Å². The first kappa shape index (κ1) is 13.3. The Kier molecular flexibility index (Phi) is 4.11. The lowest BCUT2D eigenvalue weighted by molar-refractivity contribution is 0.623. The molecule has 4 heteroatoms. The normalized spacial score (nSPS) is 14.2. The molecule has 0 atom stereocenters. The quantitative estimate of drug-likeness (QED) is 0.906. The molecule has 0 saturated carbocycles. The van der Waals surface area contributed by atoms with E-state index in [0.717, 1.165) is 43.9 Å². The molecule has 0 saturated heterocycles. The summed E-state index contributed by atoms with van der Waals surface area (Å²) in [5.74, 6) is 0. The predicted octanol–water partition coefficient (Wildman–Crippen LogP) is 2.31. The number of pyridine rings is 1. The molecule has 0 fully saturated rings. The van der Waals surface area contributed by atoms with E-state index in [1.807, 2.05) is 6.33 Å². The molecule has 0 bridgehead atoms. The molecule has 0 amide bonds. The number of hydrogen-bond donors (Lipinski definition) is 1. The summed E-state index contributed by atoms with van der Waals surface area (Å²) in [5.41, 5.74) is 4.93. The SMILES string of the molecule is CCNCc1cccc(Cn2cnc3c2CCCC3)n1. The van der Waals surface area contributed by atoms with Crippen molar-refractivity contribution in [1.82, 2.24) is 19.9 Å². The van der Waals surface area contributed by atoms with Crippen molar-refractivity contribution < 1.29 is 0 Å². The van der Waals surface area contributed by atoms with Crippen molar-refractivity contribution in [3.8, 4) is 0 Å². The maximum Gasteiger partial charge on any atom is 0.0955 e. The topological polar surface area (TPSA) is 42.7 Å². The second kappa shape index (κ2) is 6.18. The zero-order valence-electron chi connectivity index (χ0n) is 12.1. The fraction of sp³-hybridized carbons (Fsp3) is 0.500. The summed E-state index contributed by atoms with van der Waals surface area (Å²) in [5, 5.41) is 3.32. The van der Waals surface area contributed by atoms with Crippen molar-refractivity contribution in [3.63, 3.8) is 0 Å². The summed E-state index contributed by atoms with van der Waals surface area (Å²) in [7, 11) is 0. The Bertz CT molecular complexity index is 574. The van der Waals surface area contributed by atoms with Crippen LogP contribution in [0.15, 0.2) is 24.5 Å². The molecule has 1 N–H and O–H groups in total. The van der Waals surface area contributed by atoms with E-state index in [4.69, 9.17) is 4.98 Å². The van der Waals surface area contributed by atoms with Crippen molar-refractivity contribution >= 4 is 0 Å². The predicted molar refractivity (Wildman–Crippen MR) is 79.6 cm³/mol. The van der Waals surface area contributed by atoms with Crippen LogP contribution in [0.25, 0.3) is 0 Å². The van der Waals surface area contributed by atoms with Crippen molar-refractivity contribution in [2.45, 2.75) is 45.7 Å². The van der Waals surface area contributed by atoms with Gasteiger partial charge in [0.25, 0.3) is 0 Å². The molecule has 106 valence electrons. The average Bonchev–Trinajstić information content (AvgIpc) is 2.89. The lowest BCUT2D eigenvalue weighted by Gasteiger charge is -2.14. The number of rotatable bonds is 5. The molecule has 20 heavy (non-hydrogen) atoms. The van der Waals surface area contributed by atoms with Gasteiger partial charge in [-0.15, -0.1) is 0 Å². The summed E-state index contributed by atoms with van der Waals surface area (Å²) >= 11 is 0. The maximum atomic E-state index is 4.72. The molecule has 2 heterocycles. The molecule has 4 nitrogen and oxygen atoms in total. The summed E-state index contributed by atoms with van der Waals surface area (Å²) in [6.07, 6.45) is 6.84. The largest absolute Gasteiger partial charge is 0.328 e. The zero-order valence-corrected chi connectivity index (χ0v) is 12.1. The molecule has 0 aromatic carbocycles. The lowest BCUT2D eigenvalue weighted by atomic mass is 10.0.